The van der Waals surface area contributed by atoms with Gasteiger partial charge in [0.25, 0.3) is 18.3 Å². The molecule has 42 heavy (non-hydrogen) atoms. The van der Waals surface area contributed by atoms with Gasteiger partial charge in [-0.05, 0) is 68.3 Å². The van der Waals surface area contributed by atoms with Crippen LogP contribution in [0, 0.1) is 0 Å². The lowest BCUT2D eigenvalue weighted by Crippen LogP contribution is -2.38. The second kappa shape index (κ2) is 15.8. The van der Waals surface area contributed by atoms with Gasteiger partial charge in [0.05, 0.1) is 11.4 Å². The lowest BCUT2D eigenvalue weighted by atomic mass is 10.0. The fourth-order valence-electron chi connectivity index (χ4n) is 4.22. The second-order valence-electron chi connectivity index (χ2n) is 9.48. The lowest BCUT2D eigenvalue weighted by Gasteiger charge is -2.25. The van der Waals surface area contributed by atoms with Crippen LogP contribution in [-0.4, -0.2) is 71.9 Å². The lowest BCUT2D eigenvalue weighted by molar-refractivity contribution is -0.142. The third-order valence-corrected chi connectivity index (χ3v) is 6.53. The van der Waals surface area contributed by atoms with Gasteiger partial charge in [0.15, 0.2) is 0 Å². The van der Waals surface area contributed by atoms with E-state index in [-0.39, 0.29) is 37.0 Å². The fourth-order valence-corrected chi connectivity index (χ4v) is 4.22. The molecule has 0 aliphatic carbocycles. The zero-order valence-electron chi connectivity index (χ0n) is 23.2. The van der Waals surface area contributed by atoms with Crippen LogP contribution >= 0.6 is 0 Å². The molecule has 3 rings (SSSR count). The van der Waals surface area contributed by atoms with Crippen LogP contribution in [-0.2, 0) is 28.7 Å². The number of carbonyl (C=O) groups is 5. The smallest absolute Gasteiger partial charge is 0.320 e. The molecule has 1 aliphatic heterocycles. The highest BCUT2D eigenvalue weighted by Crippen LogP contribution is 2.23. The van der Waals surface area contributed by atoms with Gasteiger partial charge in [0.1, 0.15) is 12.1 Å². The van der Waals surface area contributed by atoms with E-state index in [0.29, 0.717) is 49.5 Å². The van der Waals surface area contributed by atoms with Crippen LogP contribution < -0.4 is 16.0 Å². The number of azo groups is 1. The molecule has 0 saturated carbocycles. The molecule has 2 aromatic carbocycles. The minimum Gasteiger partial charge on any atom is -0.480 e. The van der Waals surface area contributed by atoms with Gasteiger partial charge < -0.3 is 25.8 Å². The molecule has 0 bridgehead atoms. The van der Waals surface area contributed by atoms with Crippen LogP contribution in [0.1, 0.15) is 32.6 Å². The predicted octanol–water partition coefficient (Wildman–Crippen LogP) is 3.31. The molecule has 222 valence electrons. The quantitative estimate of drug-likeness (QED) is 0.144. The number of carbonyl (C=O) groups excluding carboxylic acids is 4. The van der Waals surface area contributed by atoms with E-state index >= 15 is 0 Å². The van der Waals surface area contributed by atoms with Crippen molar-refractivity contribution in [2.24, 2.45) is 16.0 Å². The number of carboxylic acids is 1. The summed E-state index contributed by atoms with van der Waals surface area (Å²) in [7, 11) is 0. The number of likely N-dealkylation sites (N-methyl/N-ethyl adjacent to an activating group) is 1. The van der Waals surface area contributed by atoms with E-state index in [1.807, 2.05) is 31.2 Å². The van der Waals surface area contributed by atoms with Gasteiger partial charge >= 0.3 is 5.97 Å². The van der Waals surface area contributed by atoms with E-state index in [1.54, 1.807) is 24.3 Å². The van der Waals surface area contributed by atoms with Crippen molar-refractivity contribution in [3.05, 3.63) is 60.7 Å². The third-order valence-electron chi connectivity index (χ3n) is 6.53. The summed E-state index contributed by atoms with van der Waals surface area (Å²) in [4.78, 5) is 60.7. The topological polar surface area (TPSA) is 184 Å². The number of aliphatic carboxylic acids is 1. The van der Waals surface area contributed by atoms with Gasteiger partial charge in [-0.25, -0.2) is 0 Å². The number of hydrogen-bond donors (Lipinski definition) is 3. The molecule has 13 heteroatoms. The number of rotatable bonds is 17. The summed E-state index contributed by atoms with van der Waals surface area (Å²) in [6.45, 7) is 3.75. The number of carboxylic acid groups (broad SMARTS) is 1. The maximum atomic E-state index is 12.3. The molecule has 13 nitrogen and oxygen atoms in total. The van der Waals surface area contributed by atoms with Crippen molar-refractivity contribution in [1.29, 1.82) is 0 Å². The van der Waals surface area contributed by atoms with Gasteiger partial charge in [-0.15, -0.1) is 0 Å². The molecule has 2 unspecified atom stereocenters. The predicted molar refractivity (Wildman–Crippen MR) is 154 cm³/mol. The van der Waals surface area contributed by atoms with Crippen molar-refractivity contribution in [1.82, 2.24) is 4.90 Å². The number of hydrogen-bond acceptors (Lipinski definition) is 10. The largest absolute Gasteiger partial charge is 0.480 e. The Labute approximate surface area is 243 Å². The first-order valence-electron chi connectivity index (χ1n) is 13.5. The number of ether oxygens (including phenoxy) is 1. The standard InChI is InChI=1S/C29H34N6O7/c1-2-34(16-17-35-27(38)14-15-28(35)39)23-12-10-22(11-13-23)33-32-21-8-6-20(7-9-21)31-26(37)5-3-4-24(42-19-36)18-25(30)29(40)41/h6-15,19,24-25H,2-5,16-18,30H2,1H3,(H,31,37)(H,40,41). The zero-order valence-corrected chi connectivity index (χ0v) is 23.2. The molecular weight excluding hydrogens is 544 g/mol. The maximum Gasteiger partial charge on any atom is 0.320 e. The number of nitrogens with two attached hydrogens (primary N) is 1. The molecule has 3 amide bonds. The Kier molecular flexibility index (Phi) is 11.9. The first-order chi connectivity index (χ1) is 20.2. The minimum absolute atomic E-state index is 0.0314. The molecular formula is C29H34N6O7. The molecule has 0 radical (unpaired) electrons. The van der Waals surface area contributed by atoms with Crippen molar-refractivity contribution in [2.45, 2.75) is 44.8 Å². The van der Waals surface area contributed by atoms with Gasteiger partial charge in [-0.3, -0.25) is 28.9 Å². The molecule has 0 saturated heterocycles. The number of amides is 3. The maximum absolute atomic E-state index is 12.3. The second-order valence-corrected chi connectivity index (χ2v) is 9.48. The minimum atomic E-state index is -1.19. The SMILES string of the molecule is CCN(CCN1C(=O)C=CC1=O)c1ccc(N=Nc2ccc(NC(=O)CCCC(CC(N)C(=O)O)OC=O)cc2)cc1. The number of anilines is 2. The van der Waals surface area contributed by atoms with Gasteiger partial charge in [-0.2, -0.15) is 10.2 Å². The van der Waals surface area contributed by atoms with Crippen molar-refractivity contribution in [3.63, 3.8) is 0 Å². The summed E-state index contributed by atoms with van der Waals surface area (Å²) in [5.74, 6) is -2.02. The number of imide groups is 1. The average molecular weight is 579 g/mol. The van der Waals surface area contributed by atoms with E-state index in [1.165, 1.54) is 17.1 Å². The number of nitrogens with one attached hydrogen (secondary N) is 1. The molecule has 1 heterocycles. The Morgan fingerprint density at radius 2 is 1.64 bits per heavy atom. The third kappa shape index (κ3) is 9.63. The zero-order chi connectivity index (χ0) is 30.5. The molecule has 2 aromatic rings. The van der Waals surface area contributed by atoms with E-state index in [0.717, 1.165) is 5.69 Å². The Morgan fingerprint density at radius 1 is 1.05 bits per heavy atom. The monoisotopic (exact) mass is 578 g/mol. The van der Waals surface area contributed by atoms with Gasteiger partial charge in [-0.1, -0.05) is 0 Å². The molecule has 1 aliphatic rings. The summed E-state index contributed by atoms with van der Waals surface area (Å²) < 4.78 is 4.89. The van der Waals surface area contributed by atoms with Crippen molar-refractivity contribution >= 4 is 52.9 Å². The summed E-state index contributed by atoms with van der Waals surface area (Å²) >= 11 is 0. The highest BCUT2D eigenvalue weighted by molar-refractivity contribution is 6.12. The van der Waals surface area contributed by atoms with Crippen LogP contribution in [0.5, 0.6) is 0 Å². The average Bonchev–Trinajstić information content (AvgIpc) is 3.30. The fraction of sp³-hybridized carbons (Fsp3) is 0.345. The first-order valence-corrected chi connectivity index (χ1v) is 13.5. The highest BCUT2D eigenvalue weighted by Gasteiger charge is 2.23. The first kappa shape index (κ1) is 31.6. The van der Waals surface area contributed by atoms with Crippen LogP contribution in [0.4, 0.5) is 22.7 Å². The number of nitrogens with zero attached hydrogens (tertiary/aromatic N) is 4. The van der Waals surface area contributed by atoms with E-state index in [2.05, 4.69) is 20.4 Å². The molecule has 0 spiro atoms. The summed E-state index contributed by atoms with van der Waals surface area (Å²) in [6, 6.07) is 13.1. The van der Waals surface area contributed by atoms with Crippen LogP contribution in [0.25, 0.3) is 0 Å². The highest BCUT2D eigenvalue weighted by atomic mass is 16.5. The van der Waals surface area contributed by atoms with E-state index in [4.69, 9.17) is 15.6 Å². The summed E-state index contributed by atoms with van der Waals surface area (Å²) in [6.07, 6.45) is 2.69. The van der Waals surface area contributed by atoms with Crippen LogP contribution in [0.3, 0.4) is 0 Å². The molecule has 0 aromatic heterocycles. The molecule has 0 fully saturated rings. The van der Waals surface area contributed by atoms with E-state index < -0.39 is 18.1 Å². The van der Waals surface area contributed by atoms with Crippen molar-refractivity contribution in [3.8, 4) is 0 Å². The van der Waals surface area contributed by atoms with E-state index in [9.17, 15) is 24.0 Å². The Hall–Kier alpha value is -4.91. The summed E-state index contributed by atoms with van der Waals surface area (Å²) in [5, 5.41) is 20.2. The molecule has 4 N–H and O–H groups in total. The van der Waals surface area contributed by atoms with Crippen molar-refractivity contribution in [2.75, 3.05) is 29.9 Å². The van der Waals surface area contributed by atoms with Gasteiger partial charge in [0.2, 0.25) is 5.91 Å². The normalized spacial score (nSPS) is 14.2. The van der Waals surface area contributed by atoms with Crippen LogP contribution in [0.15, 0.2) is 70.9 Å². The Bertz CT molecular complexity index is 1290. The van der Waals surface area contributed by atoms with Crippen molar-refractivity contribution < 1.29 is 33.8 Å². The Morgan fingerprint density at radius 3 is 2.19 bits per heavy atom. The number of benzene rings is 2. The summed E-state index contributed by atoms with van der Waals surface area (Å²) in [5.41, 5.74) is 8.23. The Balaban J connectivity index is 1.45. The van der Waals surface area contributed by atoms with Crippen LogP contribution in [0.2, 0.25) is 0 Å². The van der Waals surface area contributed by atoms with Gasteiger partial charge in [0, 0.05) is 56.0 Å². The molecule has 2 atom stereocenters.